The Hall–Kier alpha value is -2.90. The molecule has 1 fully saturated rings. The van der Waals surface area contributed by atoms with Crippen molar-refractivity contribution in [1.82, 2.24) is 20.4 Å². The van der Waals surface area contributed by atoms with Crippen LogP contribution in [0.15, 0.2) is 59.2 Å². The molecular weight excluding hydrogens is 380 g/mol. The Labute approximate surface area is 177 Å². The lowest BCUT2D eigenvalue weighted by molar-refractivity contribution is -0.122. The Morgan fingerprint density at radius 2 is 1.87 bits per heavy atom. The highest BCUT2D eigenvalue weighted by molar-refractivity contribution is 5.91. The highest BCUT2D eigenvalue weighted by Crippen LogP contribution is 2.15. The summed E-state index contributed by atoms with van der Waals surface area (Å²) in [6.45, 7) is 5.12. The lowest BCUT2D eigenvalue weighted by Crippen LogP contribution is -2.48. The summed E-state index contributed by atoms with van der Waals surface area (Å²) >= 11 is 0. The van der Waals surface area contributed by atoms with Crippen LogP contribution in [0.3, 0.4) is 0 Å². The van der Waals surface area contributed by atoms with E-state index in [4.69, 9.17) is 4.42 Å². The molecule has 1 aliphatic rings. The first-order valence-corrected chi connectivity index (χ1v) is 10.3. The predicted molar refractivity (Wildman–Crippen MR) is 117 cm³/mol. The Morgan fingerprint density at radius 3 is 2.57 bits per heavy atom. The summed E-state index contributed by atoms with van der Waals surface area (Å²) in [5, 5.41) is 5.87. The molecule has 2 heterocycles. The molecule has 1 unspecified atom stereocenters. The molecule has 0 bridgehead atoms. The summed E-state index contributed by atoms with van der Waals surface area (Å²) < 4.78 is 5.14. The second kappa shape index (κ2) is 11.3. The number of nitrogens with zero attached hydrogens (tertiary/aromatic N) is 2. The van der Waals surface area contributed by atoms with Crippen molar-refractivity contribution in [3.8, 4) is 0 Å². The number of carbonyl (C=O) groups excluding carboxylic acids is 2. The fourth-order valence-corrected chi connectivity index (χ4v) is 3.38. The van der Waals surface area contributed by atoms with E-state index in [0.717, 1.165) is 38.3 Å². The molecule has 7 heteroatoms. The number of hydrogen-bond acceptors (Lipinski definition) is 5. The molecule has 1 aliphatic heterocycles. The van der Waals surface area contributed by atoms with Crippen LogP contribution in [0.25, 0.3) is 6.08 Å². The van der Waals surface area contributed by atoms with Crippen molar-refractivity contribution in [3.63, 3.8) is 0 Å². The van der Waals surface area contributed by atoms with Gasteiger partial charge >= 0.3 is 0 Å². The highest BCUT2D eigenvalue weighted by Gasteiger charge is 2.21. The highest BCUT2D eigenvalue weighted by atomic mass is 16.3. The lowest BCUT2D eigenvalue weighted by Gasteiger charge is -2.35. The van der Waals surface area contributed by atoms with E-state index in [-0.39, 0.29) is 30.8 Å². The van der Waals surface area contributed by atoms with Crippen LogP contribution in [0.5, 0.6) is 0 Å². The van der Waals surface area contributed by atoms with Crippen molar-refractivity contribution >= 4 is 17.9 Å². The molecule has 1 saturated heterocycles. The second-order valence-corrected chi connectivity index (χ2v) is 7.52. The van der Waals surface area contributed by atoms with Gasteiger partial charge in [-0.2, -0.15) is 0 Å². The van der Waals surface area contributed by atoms with Gasteiger partial charge in [0, 0.05) is 51.8 Å². The SMILES string of the molecule is CN1CCN(CC(NC(=O)CCNC(=O)/C=C/c2ccco2)c2ccccc2)CC1. The zero-order chi connectivity index (χ0) is 21.2. The van der Waals surface area contributed by atoms with Crippen LogP contribution in [0.2, 0.25) is 0 Å². The number of nitrogens with one attached hydrogen (secondary N) is 2. The summed E-state index contributed by atoms with van der Waals surface area (Å²) in [4.78, 5) is 29.1. The van der Waals surface area contributed by atoms with Gasteiger partial charge in [-0.1, -0.05) is 30.3 Å². The molecule has 1 atom stereocenters. The maximum Gasteiger partial charge on any atom is 0.244 e. The van der Waals surface area contributed by atoms with Crippen molar-refractivity contribution in [2.45, 2.75) is 12.5 Å². The second-order valence-electron chi connectivity index (χ2n) is 7.52. The molecule has 0 spiro atoms. The predicted octanol–water partition coefficient (Wildman–Crippen LogP) is 1.90. The minimum Gasteiger partial charge on any atom is -0.465 e. The van der Waals surface area contributed by atoms with Gasteiger partial charge in [0.25, 0.3) is 0 Å². The van der Waals surface area contributed by atoms with Crippen molar-refractivity contribution in [3.05, 3.63) is 66.1 Å². The third-order valence-electron chi connectivity index (χ3n) is 5.17. The molecule has 160 valence electrons. The van der Waals surface area contributed by atoms with Crippen LogP contribution in [-0.2, 0) is 9.59 Å². The van der Waals surface area contributed by atoms with E-state index in [9.17, 15) is 9.59 Å². The lowest BCUT2D eigenvalue weighted by atomic mass is 10.1. The monoisotopic (exact) mass is 410 g/mol. The fourth-order valence-electron chi connectivity index (χ4n) is 3.38. The number of hydrogen-bond donors (Lipinski definition) is 2. The van der Waals surface area contributed by atoms with E-state index in [1.54, 1.807) is 24.5 Å². The molecule has 0 aliphatic carbocycles. The van der Waals surface area contributed by atoms with Crippen LogP contribution in [0.1, 0.15) is 23.8 Å². The number of piperazine rings is 1. The summed E-state index contributed by atoms with van der Waals surface area (Å²) in [7, 11) is 2.13. The molecule has 7 nitrogen and oxygen atoms in total. The summed E-state index contributed by atoms with van der Waals surface area (Å²) in [5.74, 6) is 0.280. The van der Waals surface area contributed by atoms with Crippen LogP contribution >= 0.6 is 0 Å². The van der Waals surface area contributed by atoms with Crippen LogP contribution in [0.4, 0.5) is 0 Å². The normalized spacial score (nSPS) is 16.4. The average Bonchev–Trinajstić information content (AvgIpc) is 3.28. The van der Waals surface area contributed by atoms with Crippen molar-refractivity contribution < 1.29 is 14.0 Å². The first kappa shape index (κ1) is 21.8. The summed E-state index contributed by atoms with van der Waals surface area (Å²) in [5.41, 5.74) is 1.09. The van der Waals surface area contributed by atoms with Crippen molar-refractivity contribution in [2.24, 2.45) is 0 Å². The van der Waals surface area contributed by atoms with E-state index in [1.165, 1.54) is 6.08 Å². The van der Waals surface area contributed by atoms with E-state index in [0.29, 0.717) is 5.76 Å². The third kappa shape index (κ3) is 7.17. The Morgan fingerprint density at radius 1 is 1.10 bits per heavy atom. The van der Waals surface area contributed by atoms with Gasteiger partial charge in [0.1, 0.15) is 5.76 Å². The topological polar surface area (TPSA) is 77.8 Å². The molecule has 2 amide bonds. The molecule has 1 aromatic heterocycles. The quantitative estimate of drug-likeness (QED) is 0.618. The first-order chi connectivity index (χ1) is 14.6. The van der Waals surface area contributed by atoms with E-state index < -0.39 is 0 Å². The van der Waals surface area contributed by atoms with E-state index in [2.05, 4.69) is 27.5 Å². The van der Waals surface area contributed by atoms with Crippen molar-refractivity contribution in [1.29, 1.82) is 0 Å². The largest absolute Gasteiger partial charge is 0.465 e. The van der Waals surface area contributed by atoms with E-state index in [1.807, 2.05) is 30.3 Å². The van der Waals surface area contributed by atoms with Gasteiger partial charge in [-0.3, -0.25) is 14.5 Å². The number of benzene rings is 1. The molecule has 2 aromatic rings. The molecule has 30 heavy (non-hydrogen) atoms. The minimum atomic E-state index is -0.253. The Bertz CT molecular complexity index is 812. The number of furan rings is 1. The van der Waals surface area contributed by atoms with Crippen molar-refractivity contribution in [2.75, 3.05) is 46.3 Å². The van der Waals surface area contributed by atoms with Gasteiger partial charge in [-0.25, -0.2) is 0 Å². The maximum absolute atomic E-state index is 12.5. The number of rotatable bonds is 9. The van der Waals surface area contributed by atoms with Gasteiger partial charge in [-0.05, 0) is 30.8 Å². The van der Waals surface area contributed by atoms with Gasteiger partial charge in [0.05, 0.1) is 12.3 Å². The molecule has 2 N–H and O–H groups in total. The van der Waals surface area contributed by atoms with Crippen LogP contribution in [-0.4, -0.2) is 67.9 Å². The molecule has 1 aromatic carbocycles. The van der Waals surface area contributed by atoms with Crippen LogP contribution in [0, 0.1) is 0 Å². The smallest absolute Gasteiger partial charge is 0.244 e. The summed E-state index contributed by atoms with van der Waals surface area (Å²) in [6, 6.07) is 13.5. The van der Waals surface area contributed by atoms with Gasteiger partial charge in [-0.15, -0.1) is 0 Å². The first-order valence-electron chi connectivity index (χ1n) is 10.3. The summed E-state index contributed by atoms with van der Waals surface area (Å²) in [6.07, 6.45) is 4.77. The van der Waals surface area contributed by atoms with Gasteiger partial charge in [0.2, 0.25) is 11.8 Å². The molecule has 0 saturated carbocycles. The number of amides is 2. The molecule has 3 rings (SSSR count). The Kier molecular flexibility index (Phi) is 8.23. The van der Waals surface area contributed by atoms with Crippen LogP contribution < -0.4 is 10.6 Å². The van der Waals surface area contributed by atoms with Gasteiger partial charge < -0.3 is 20.0 Å². The zero-order valence-electron chi connectivity index (χ0n) is 17.4. The third-order valence-corrected chi connectivity index (χ3v) is 5.17. The standard InChI is InChI=1S/C23H30N4O3/c1-26-13-15-27(16-14-26)18-21(19-6-3-2-4-7-19)25-23(29)11-12-24-22(28)10-9-20-8-5-17-30-20/h2-10,17,21H,11-16,18H2,1H3,(H,24,28)(H,25,29)/b10-9+. The van der Waals surface area contributed by atoms with E-state index >= 15 is 0 Å². The fraction of sp³-hybridized carbons (Fsp3) is 0.391. The maximum atomic E-state index is 12.5. The molecule has 0 radical (unpaired) electrons. The van der Waals surface area contributed by atoms with Gasteiger partial charge in [0.15, 0.2) is 0 Å². The average molecular weight is 411 g/mol. The molecular formula is C23H30N4O3. The number of likely N-dealkylation sites (N-methyl/N-ethyl adjacent to an activating group) is 1. The number of carbonyl (C=O) groups is 2. The zero-order valence-corrected chi connectivity index (χ0v) is 17.4. The Balaban J connectivity index is 1.47. The minimum absolute atomic E-state index is 0.0725.